The third kappa shape index (κ3) is 5.92. The summed E-state index contributed by atoms with van der Waals surface area (Å²) in [4.78, 5) is 26.5. The SMILES string of the molecule is C=C/C=C(\C)N(CC(=O)N(CC(=O)NCc1cccc(Cl)c1F)C1CC1)N=C. The number of hydrogen-bond acceptors (Lipinski definition) is 4. The number of carbonyl (C=O) groups excluding carboxylic acids is 2. The first-order chi connectivity index (χ1) is 13.4. The van der Waals surface area contributed by atoms with Gasteiger partial charge >= 0.3 is 0 Å². The molecule has 0 saturated heterocycles. The molecule has 1 aromatic carbocycles. The normalized spacial score (nSPS) is 13.6. The number of carbonyl (C=O) groups is 2. The van der Waals surface area contributed by atoms with Gasteiger partial charge in [0.2, 0.25) is 11.8 Å². The van der Waals surface area contributed by atoms with Crippen LogP contribution in [0.4, 0.5) is 4.39 Å². The van der Waals surface area contributed by atoms with Gasteiger partial charge in [0.1, 0.15) is 12.4 Å². The number of halogens is 2. The molecule has 2 rings (SSSR count). The van der Waals surface area contributed by atoms with E-state index in [1.165, 1.54) is 16.0 Å². The van der Waals surface area contributed by atoms with Crippen LogP contribution in [0.2, 0.25) is 5.02 Å². The number of amides is 2. The van der Waals surface area contributed by atoms with Gasteiger partial charge in [-0.25, -0.2) is 4.39 Å². The average molecular weight is 407 g/mol. The molecule has 0 heterocycles. The molecule has 1 aromatic rings. The van der Waals surface area contributed by atoms with Gasteiger partial charge in [-0.15, -0.1) is 0 Å². The Morgan fingerprint density at radius 1 is 1.39 bits per heavy atom. The molecular formula is C20H24ClFN4O2. The van der Waals surface area contributed by atoms with E-state index < -0.39 is 5.82 Å². The fraction of sp³-hybridized carbons (Fsp3) is 0.350. The molecule has 2 amide bonds. The van der Waals surface area contributed by atoms with Crippen LogP contribution in [0, 0.1) is 5.82 Å². The van der Waals surface area contributed by atoms with Crippen LogP contribution in [0.15, 0.2) is 47.7 Å². The molecule has 0 unspecified atom stereocenters. The van der Waals surface area contributed by atoms with Gasteiger partial charge in [-0.1, -0.05) is 36.4 Å². The molecule has 0 bridgehead atoms. The van der Waals surface area contributed by atoms with Crippen molar-refractivity contribution < 1.29 is 14.0 Å². The fourth-order valence-electron chi connectivity index (χ4n) is 2.66. The van der Waals surface area contributed by atoms with Crippen molar-refractivity contribution in [3.05, 3.63) is 59.0 Å². The Kier molecular flexibility index (Phi) is 7.75. The maximum atomic E-state index is 13.9. The van der Waals surface area contributed by atoms with E-state index in [0.717, 1.165) is 18.5 Å². The minimum Gasteiger partial charge on any atom is -0.350 e. The second kappa shape index (κ2) is 10.0. The van der Waals surface area contributed by atoms with Crippen molar-refractivity contribution in [2.24, 2.45) is 5.10 Å². The lowest BCUT2D eigenvalue weighted by molar-refractivity contribution is -0.137. The monoisotopic (exact) mass is 406 g/mol. The number of allylic oxidation sites excluding steroid dienone is 3. The van der Waals surface area contributed by atoms with E-state index in [9.17, 15) is 14.0 Å². The number of hydrogen-bond donors (Lipinski definition) is 1. The van der Waals surface area contributed by atoms with Crippen molar-refractivity contribution in [1.29, 1.82) is 0 Å². The standard InChI is InChI=1S/C20H24ClFN4O2/c1-4-6-14(2)26(23-3)13-19(28)25(16-9-10-16)12-18(27)24-11-15-7-5-8-17(21)20(15)22/h4-8,16H,1,3,9-13H2,2H3,(H,24,27)/b14-6+. The Labute approximate surface area is 169 Å². The highest BCUT2D eigenvalue weighted by Crippen LogP contribution is 2.27. The Morgan fingerprint density at radius 3 is 2.71 bits per heavy atom. The minimum absolute atomic E-state index is 0.000553. The van der Waals surface area contributed by atoms with Gasteiger partial charge in [-0.05, 0) is 31.9 Å². The van der Waals surface area contributed by atoms with Crippen molar-refractivity contribution in [1.82, 2.24) is 15.2 Å². The van der Waals surface area contributed by atoms with Gasteiger partial charge in [0.25, 0.3) is 0 Å². The summed E-state index contributed by atoms with van der Waals surface area (Å²) in [7, 11) is 0. The lowest BCUT2D eigenvalue weighted by Gasteiger charge is -2.25. The lowest BCUT2D eigenvalue weighted by Crippen LogP contribution is -2.45. The smallest absolute Gasteiger partial charge is 0.245 e. The second-order valence-corrected chi connectivity index (χ2v) is 6.89. The zero-order valence-corrected chi connectivity index (χ0v) is 16.6. The highest BCUT2D eigenvalue weighted by molar-refractivity contribution is 6.30. The summed E-state index contributed by atoms with van der Waals surface area (Å²) in [5, 5.41) is 7.95. The summed E-state index contributed by atoms with van der Waals surface area (Å²) in [6.07, 6.45) is 5.02. The molecular weight excluding hydrogens is 383 g/mol. The summed E-state index contributed by atoms with van der Waals surface area (Å²) in [6, 6.07) is 4.64. The van der Waals surface area contributed by atoms with Gasteiger partial charge in [-0.3, -0.25) is 14.6 Å². The highest BCUT2D eigenvalue weighted by Gasteiger charge is 2.34. The summed E-state index contributed by atoms with van der Waals surface area (Å²) in [5.74, 6) is -1.15. The molecule has 150 valence electrons. The minimum atomic E-state index is -0.559. The molecule has 28 heavy (non-hydrogen) atoms. The van der Waals surface area contributed by atoms with Crippen LogP contribution in [-0.4, -0.2) is 47.6 Å². The highest BCUT2D eigenvalue weighted by atomic mass is 35.5. The predicted molar refractivity (Wildman–Crippen MR) is 108 cm³/mol. The Morgan fingerprint density at radius 2 is 2.11 bits per heavy atom. The first kappa shape index (κ1) is 21.6. The molecule has 6 nitrogen and oxygen atoms in total. The summed E-state index contributed by atoms with van der Waals surface area (Å²) in [5.41, 5.74) is 1.01. The number of nitrogens with one attached hydrogen (secondary N) is 1. The molecule has 0 atom stereocenters. The topological polar surface area (TPSA) is 65.0 Å². The predicted octanol–water partition coefficient (Wildman–Crippen LogP) is 3.09. The number of rotatable bonds is 10. The van der Waals surface area contributed by atoms with Crippen molar-refractivity contribution in [3.8, 4) is 0 Å². The van der Waals surface area contributed by atoms with E-state index in [1.54, 1.807) is 31.2 Å². The number of nitrogens with zero attached hydrogens (tertiary/aromatic N) is 3. The zero-order chi connectivity index (χ0) is 20.7. The van der Waals surface area contributed by atoms with Crippen molar-refractivity contribution in [2.75, 3.05) is 13.1 Å². The molecule has 1 N–H and O–H groups in total. The molecule has 1 fully saturated rings. The zero-order valence-electron chi connectivity index (χ0n) is 15.8. The number of hydrazone groups is 1. The third-order valence-corrected chi connectivity index (χ3v) is 4.64. The fourth-order valence-corrected chi connectivity index (χ4v) is 2.85. The summed E-state index contributed by atoms with van der Waals surface area (Å²) < 4.78 is 13.9. The Hall–Kier alpha value is -2.67. The van der Waals surface area contributed by atoms with E-state index in [0.29, 0.717) is 0 Å². The van der Waals surface area contributed by atoms with Gasteiger partial charge in [-0.2, -0.15) is 5.10 Å². The van der Waals surface area contributed by atoms with Crippen LogP contribution in [-0.2, 0) is 16.1 Å². The Balaban J connectivity index is 1.96. The van der Waals surface area contributed by atoms with Crippen molar-refractivity contribution in [3.63, 3.8) is 0 Å². The van der Waals surface area contributed by atoms with E-state index in [2.05, 4.69) is 23.7 Å². The molecule has 0 radical (unpaired) electrons. The van der Waals surface area contributed by atoms with Gasteiger partial charge < -0.3 is 10.2 Å². The first-order valence-corrected chi connectivity index (χ1v) is 9.27. The first-order valence-electron chi connectivity index (χ1n) is 8.90. The summed E-state index contributed by atoms with van der Waals surface area (Å²) in [6.45, 7) is 8.77. The quantitative estimate of drug-likeness (QED) is 0.369. The van der Waals surface area contributed by atoms with Crippen LogP contribution in [0.5, 0.6) is 0 Å². The van der Waals surface area contributed by atoms with E-state index in [1.807, 2.05) is 0 Å². The lowest BCUT2D eigenvalue weighted by atomic mass is 10.2. The summed E-state index contributed by atoms with van der Waals surface area (Å²) >= 11 is 5.75. The van der Waals surface area contributed by atoms with Crippen LogP contribution in [0.25, 0.3) is 0 Å². The molecule has 8 heteroatoms. The second-order valence-electron chi connectivity index (χ2n) is 6.49. The molecule has 1 aliphatic rings. The largest absolute Gasteiger partial charge is 0.350 e. The van der Waals surface area contributed by atoms with Gasteiger partial charge in [0.05, 0.1) is 11.6 Å². The van der Waals surface area contributed by atoms with Crippen LogP contribution in [0.3, 0.4) is 0 Å². The maximum Gasteiger partial charge on any atom is 0.245 e. The van der Waals surface area contributed by atoms with Crippen LogP contribution in [0.1, 0.15) is 25.3 Å². The average Bonchev–Trinajstić information content (AvgIpc) is 3.50. The van der Waals surface area contributed by atoms with Gasteiger partial charge in [0, 0.05) is 30.6 Å². The van der Waals surface area contributed by atoms with Crippen LogP contribution < -0.4 is 5.32 Å². The molecule has 0 aromatic heterocycles. The maximum absolute atomic E-state index is 13.9. The third-order valence-electron chi connectivity index (χ3n) is 4.35. The van der Waals surface area contributed by atoms with Gasteiger partial charge in [0.15, 0.2) is 0 Å². The van der Waals surface area contributed by atoms with Crippen molar-refractivity contribution in [2.45, 2.75) is 32.4 Å². The Bertz CT molecular complexity index is 792. The molecule has 0 spiro atoms. The van der Waals surface area contributed by atoms with E-state index >= 15 is 0 Å². The molecule has 1 aliphatic carbocycles. The molecule has 0 aliphatic heterocycles. The number of benzene rings is 1. The van der Waals surface area contributed by atoms with Crippen molar-refractivity contribution >= 4 is 30.1 Å². The van der Waals surface area contributed by atoms with Crippen LogP contribution >= 0.6 is 11.6 Å². The molecule has 1 saturated carbocycles. The van der Waals surface area contributed by atoms with E-state index in [4.69, 9.17) is 11.6 Å². The van der Waals surface area contributed by atoms with E-state index in [-0.39, 0.29) is 48.1 Å².